The van der Waals surface area contributed by atoms with E-state index in [4.69, 9.17) is 4.65 Å². The van der Waals surface area contributed by atoms with Gasteiger partial charge in [0, 0.05) is 22.8 Å². The highest BCUT2D eigenvalue weighted by Crippen LogP contribution is 2.51. The molecule has 0 spiro atoms. The van der Waals surface area contributed by atoms with Gasteiger partial charge in [-0.25, -0.2) is 0 Å². The molecule has 3 heterocycles. The lowest BCUT2D eigenvalue weighted by Gasteiger charge is -2.43. The van der Waals surface area contributed by atoms with Crippen molar-refractivity contribution in [2.24, 2.45) is 17.8 Å². The molecule has 1 aliphatic carbocycles. The second kappa shape index (κ2) is 11.8. The van der Waals surface area contributed by atoms with E-state index in [9.17, 15) is 19.7 Å². The summed E-state index contributed by atoms with van der Waals surface area (Å²) in [5, 5.41) is 21.3. The van der Waals surface area contributed by atoms with Gasteiger partial charge in [-0.15, -0.1) is 0 Å². The standard InChI is InChI=1S/C30H34BBrN2O5/c1-3-13-34-29(36)22-16-18(4-2)27-23(28(22)30(34)37)17-31(38)39-26(27)11-8-19(24-7-5-6-12-33-24)14-20-15-21(32)9-10-25(20)35/h5-7,9-10,12,14-15,22-23,26,28,35,38H,3-4,8,11,13,16-17H2,1-2H3/b19-14-/t22-,23+,26-,28-/m1/s1. The predicted octanol–water partition coefficient (Wildman–Crippen LogP) is 5.49. The van der Waals surface area contributed by atoms with Gasteiger partial charge >= 0.3 is 7.12 Å². The van der Waals surface area contributed by atoms with Crippen LogP contribution in [-0.2, 0) is 14.2 Å². The Morgan fingerprint density at radius 1 is 1.21 bits per heavy atom. The molecule has 0 bridgehead atoms. The summed E-state index contributed by atoms with van der Waals surface area (Å²) in [4.78, 5) is 32.6. The van der Waals surface area contributed by atoms with Crippen molar-refractivity contribution in [3.63, 3.8) is 0 Å². The topological polar surface area (TPSA) is 100.0 Å². The number of rotatable bonds is 8. The summed E-state index contributed by atoms with van der Waals surface area (Å²) in [6.07, 6.45) is 6.85. The molecule has 4 atom stereocenters. The van der Waals surface area contributed by atoms with Gasteiger partial charge in [0.25, 0.3) is 0 Å². The number of carbonyl (C=O) groups excluding carboxylic acids is 2. The highest BCUT2D eigenvalue weighted by molar-refractivity contribution is 9.10. The van der Waals surface area contributed by atoms with Crippen LogP contribution in [0.1, 0.15) is 57.2 Å². The fourth-order valence-corrected chi connectivity index (χ4v) is 6.93. The number of aromatic hydroxyl groups is 1. The Bertz CT molecular complexity index is 1310. The number of nitrogens with zero attached hydrogens (tertiary/aromatic N) is 2. The normalized spacial score (nSPS) is 25.3. The number of imide groups is 1. The molecule has 0 radical (unpaired) electrons. The molecule has 0 saturated carbocycles. The van der Waals surface area contributed by atoms with Gasteiger partial charge in [-0.05, 0) is 91.9 Å². The minimum absolute atomic E-state index is 0.0661. The fourth-order valence-electron chi connectivity index (χ4n) is 6.55. The van der Waals surface area contributed by atoms with Crippen molar-refractivity contribution in [2.45, 2.75) is 58.4 Å². The number of benzene rings is 1. The lowest BCUT2D eigenvalue weighted by Crippen LogP contribution is -2.46. The number of likely N-dealkylation sites (tertiary alicyclic amines) is 1. The van der Waals surface area contributed by atoms with Gasteiger partial charge in [-0.1, -0.05) is 41.4 Å². The smallest absolute Gasteiger partial charge is 0.455 e. The van der Waals surface area contributed by atoms with Crippen LogP contribution in [0.4, 0.5) is 0 Å². The fraction of sp³-hybridized carbons (Fsp3) is 0.433. The number of phenolic OH excluding ortho intramolecular Hbond substituents is 1. The Balaban J connectivity index is 1.47. The summed E-state index contributed by atoms with van der Waals surface area (Å²) in [6.45, 7) is 4.50. The van der Waals surface area contributed by atoms with Gasteiger partial charge in [0.15, 0.2) is 0 Å². The van der Waals surface area contributed by atoms with Gasteiger partial charge < -0.3 is 14.8 Å². The number of fused-ring (bicyclic) bond motifs is 3. The summed E-state index contributed by atoms with van der Waals surface area (Å²) in [5.74, 6) is -0.976. The maximum Gasteiger partial charge on any atom is 0.455 e. The lowest BCUT2D eigenvalue weighted by atomic mass is 9.58. The molecule has 7 nitrogen and oxygen atoms in total. The second-order valence-corrected chi connectivity index (χ2v) is 11.5. The Morgan fingerprint density at radius 3 is 2.74 bits per heavy atom. The summed E-state index contributed by atoms with van der Waals surface area (Å²) in [7, 11) is -1.000. The number of allylic oxidation sites excluding steroid dienone is 2. The maximum absolute atomic E-state index is 13.4. The first-order valence-corrected chi connectivity index (χ1v) is 14.6. The van der Waals surface area contributed by atoms with Crippen LogP contribution >= 0.6 is 15.9 Å². The summed E-state index contributed by atoms with van der Waals surface area (Å²) < 4.78 is 6.99. The Labute approximate surface area is 238 Å². The van der Waals surface area contributed by atoms with E-state index in [0.29, 0.717) is 37.7 Å². The first-order valence-electron chi connectivity index (χ1n) is 13.8. The van der Waals surface area contributed by atoms with E-state index in [1.165, 1.54) is 10.5 Å². The first-order chi connectivity index (χ1) is 18.8. The van der Waals surface area contributed by atoms with Crippen molar-refractivity contribution in [1.29, 1.82) is 0 Å². The predicted molar refractivity (Wildman–Crippen MR) is 154 cm³/mol. The van der Waals surface area contributed by atoms with Crippen LogP contribution in [0.2, 0.25) is 6.32 Å². The van der Waals surface area contributed by atoms with Gasteiger partial charge in [0.1, 0.15) is 5.75 Å². The highest BCUT2D eigenvalue weighted by atomic mass is 79.9. The molecule has 0 unspecified atom stereocenters. The Morgan fingerprint density at radius 2 is 2.03 bits per heavy atom. The van der Waals surface area contributed by atoms with E-state index >= 15 is 0 Å². The van der Waals surface area contributed by atoms with E-state index in [1.54, 1.807) is 18.3 Å². The molecule has 2 aliphatic heterocycles. The van der Waals surface area contributed by atoms with Gasteiger partial charge in [0.05, 0.1) is 23.6 Å². The minimum Gasteiger partial charge on any atom is -0.507 e. The third-order valence-corrected chi connectivity index (χ3v) is 8.76. The molecule has 39 heavy (non-hydrogen) atoms. The van der Waals surface area contributed by atoms with Crippen LogP contribution in [0.15, 0.2) is 58.2 Å². The molecule has 204 valence electrons. The monoisotopic (exact) mass is 592 g/mol. The molecular weight excluding hydrogens is 559 g/mol. The van der Waals surface area contributed by atoms with Gasteiger partial charge in [-0.2, -0.15) is 0 Å². The zero-order valence-corrected chi connectivity index (χ0v) is 23.9. The van der Waals surface area contributed by atoms with Crippen LogP contribution in [-0.4, -0.2) is 51.6 Å². The molecule has 2 amide bonds. The molecular formula is C30H34BBrN2O5. The molecule has 9 heteroatoms. The van der Waals surface area contributed by atoms with Gasteiger partial charge in [-0.3, -0.25) is 19.5 Å². The number of hydrogen-bond donors (Lipinski definition) is 2. The molecule has 5 rings (SSSR count). The van der Waals surface area contributed by atoms with Crippen LogP contribution < -0.4 is 0 Å². The average molecular weight is 593 g/mol. The summed E-state index contributed by atoms with van der Waals surface area (Å²) in [6, 6.07) is 11.0. The molecule has 2 saturated heterocycles. The molecule has 3 aliphatic rings. The van der Waals surface area contributed by atoms with Crippen LogP contribution in [0.5, 0.6) is 5.75 Å². The van der Waals surface area contributed by atoms with E-state index in [2.05, 4.69) is 27.8 Å². The van der Waals surface area contributed by atoms with Crippen LogP contribution in [0.3, 0.4) is 0 Å². The van der Waals surface area contributed by atoms with Crippen molar-refractivity contribution in [3.05, 3.63) is 69.5 Å². The number of hydrogen-bond acceptors (Lipinski definition) is 6. The van der Waals surface area contributed by atoms with E-state index < -0.39 is 13.0 Å². The quantitative estimate of drug-likeness (QED) is 0.239. The molecule has 1 aromatic heterocycles. The largest absolute Gasteiger partial charge is 0.507 e. The SMILES string of the molecule is CCCN1C(=O)[C@@H]2[C@@H](CC(CC)=C3[C@@H](CC/C(=C/c4cc(Br)ccc4O)c4ccccn4)OB(O)C[C@@H]32)C1=O. The third kappa shape index (κ3) is 5.49. The number of carbonyl (C=O) groups is 2. The number of halogens is 1. The Kier molecular flexibility index (Phi) is 8.40. The lowest BCUT2D eigenvalue weighted by molar-refractivity contribution is -0.140. The first kappa shape index (κ1) is 27.8. The maximum atomic E-state index is 13.4. The zero-order valence-electron chi connectivity index (χ0n) is 22.3. The summed E-state index contributed by atoms with van der Waals surface area (Å²) >= 11 is 3.48. The molecule has 1 aromatic carbocycles. The molecule has 2 aromatic rings. The number of pyridine rings is 1. The Hall–Kier alpha value is -2.75. The van der Waals surface area contributed by atoms with Gasteiger partial charge in [0.2, 0.25) is 11.8 Å². The van der Waals surface area contributed by atoms with Crippen molar-refractivity contribution in [2.75, 3.05) is 6.54 Å². The van der Waals surface area contributed by atoms with Crippen molar-refractivity contribution in [1.82, 2.24) is 9.88 Å². The van der Waals surface area contributed by atoms with Crippen LogP contribution in [0, 0.1) is 17.8 Å². The summed E-state index contributed by atoms with van der Waals surface area (Å²) in [5.41, 5.74) is 4.66. The van der Waals surface area contributed by atoms with Crippen molar-refractivity contribution < 1.29 is 24.4 Å². The number of phenols is 1. The number of amides is 2. The van der Waals surface area contributed by atoms with Crippen molar-refractivity contribution >= 4 is 46.5 Å². The number of aromatic nitrogens is 1. The average Bonchev–Trinajstić information content (AvgIpc) is 3.17. The van der Waals surface area contributed by atoms with E-state index in [-0.39, 0.29) is 35.5 Å². The third-order valence-electron chi connectivity index (χ3n) is 8.26. The van der Waals surface area contributed by atoms with E-state index in [0.717, 1.165) is 34.2 Å². The van der Waals surface area contributed by atoms with Crippen LogP contribution in [0.25, 0.3) is 11.6 Å². The molecule has 2 fully saturated rings. The zero-order chi connectivity index (χ0) is 27.7. The second-order valence-electron chi connectivity index (χ2n) is 10.6. The minimum atomic E-state index is -1.000. The highest BCUT2D eigenvalue weighted by Gasteiger charge is 2.56. The molecule has 2 N–H and O–H groups in total. The van der Waals surface area contributed by atoms with E-state index in [1.807, 2.05) is 37.3 Å². The van der Waals surface area contributed by atoms with Crippen molar-refractivity contribution in [3.8, 4) is 5.75 Å².